The number of benzene rings is 1. The van der Waals surface area contributed by atoms with Gasteiger partial charge in [0.15, 0.2) is 0 Å². The van der Waals surface area contributed by atoms with Crippen LogP contribution in [0.2, 0.25) is 0 Å². The third-order valence-corrected chi connectivity index (χ3v) is 2.75. The van der Waals surface area contributed by atoms with E-state index in [9.17, 15) is 4.79 Å². The molecule has 0 heterocycles. The van der Waals surface area contributed by atoms with Gasteiger partial charge in [0.1, 0.15) is 5.75 Å². The molecule has 2 nitrogen and oxygen atoms in total. The van der Waals surface area contributed by atoms with Crippen molar-refractivity contribution < 1.29 is 9.53 Å². The van der Waals surface area contributed by atoms with Crippen molar-refractivity contribution in [3.63, 3.8) is 0 Å². The van der Waals surface area contributed by atoms with Gasteiger partial charge >= 0.3 is 5.97 Å². The highest BCUT2D eigenvalue weighted by molar-refractivity contribution is 14.1. The zero-order chi connectivity index (χ0) is 11.6. The predicted octanol–water partition coefficient (Wildman–Crippen LogP) is 3.55. The molecule has 0 amide bonds. The molecule has 0 atom stereocenters. The molecule has 0 saturated heterocycles. The van der Waals surface area contributed by atoms with Crippen molar-refractivity contribution in [2.45, 2.75) is 27.7 Å². The molecule has 0 N–H and O–H groups in total. The van der Waals surface area contributed by atoms with Crippen molar-refractivity contribution >= 4 is 28.6 Å². The maximum atomic E-state index is 11.6. The van der Waals surface area contributed by atoms with Crippen LogP contribution in [0.3, 0.4) is 0 Å². The van der Waals surface area contributed by atoms with Gasteiger partial charge in [-0.3, -0.25) is 4.79 Å². The molecule has 0 unspecified atom stereocenters. The minimum Gasteiger partial charge on any atom is -0.425 e. The summed E-state index contributed by atoms with van der Waals surface area (Å²) in [4.78, 5) is 11.6. The minimum absolute atomic E-state index is 0.204. The number of halogens is 1. The molecular formula is C12H15IO2. The summed E-state index contributed by atoms with van der Waals surface area (Å²) in [6.45, 7) is 7.54. The molecule has 15 heavy (non-hydrogen) atoms. The Labute approximate surface area is 104 Å². The molecule has 0 fully saturated rings. The van der Waals surface area contributed by atoms with E-state index in [1.807, 2.05) is 45.9 Å². The second kappa shape index (κ2) is 4.51. The lowest BCUT2D eigenvalue weighted by Crippen LogP contribution is -2.25. The van der Waals surface area contributed by atoms with Crippen molar-refractivity contribution in [2.75, 3.05) is 0 Å². The van der Waals surface area contributed by atoms with E-state index in [1.165, 1.54) is 0 Å². The molecule has 1 aromatic carbocycles. The quantitative estimate of drug-likeness (QED) is 0.450. The zero-order valence-corrected chi connectivity index (χ0v) is 11.6. The summed E-state index contributed by atoms with van der Waals surface area (Å²) < 4.78 is 6.28. The molecule has 1 rings (SSSR count). The van der Waals surface area contributed by atoms with Crippen LogP contribution in [0.5, 0.6) is 5.75 Å². The van der Waals surface area contributed by atoms with E-state index in [-0.39, 0.29) is 5.97 Å². The smallest absolute Gasteiger partial charge is 0.316 e. The summed E-state index contributed by atoms with van der Waals surface area (Å²) in [6.07, 6.45) is 0. The van der Waals surface area contributed by atoms with Crippen LogP contribution in [0.4, 0.5) is 0 Å². The molecule has 3 heteroatoms. The van der Waals surface area contributed by atoms with E-state index in [1.54, 1.807) is 0 Å². The normalized spacial score (nSPS) is 11.3. The molecule has 0 aliphatic rings. The van der Waals surface area contributed by atoms with Crippen LogP contribution in [0.25, 0.3) is 0 Å². The van der Waals surface area contributed by atoms with E-state index >= 15 is 0 Å². The van der Waals surface area contributed by atoms with Gasteiger partial charge in [-0.2, -0.15) is 0 Å². The summed E-state index contributed by atoms with van der Waals surface area (Å²) in [7, 11) is 0. The highest BCUT2D eigenvalue weighted by Crippen LogP contribution is 2.25. The molecule has 0 aromatic heterocycles. The predicted molar refractivity (Wildman–Crippen MR) is 69.0 cm³/mol. The standard InChI is InChI=1S/C12H15IO2/c1-8-5-6-10(9(13)7-8)15-11(14)12(2,3)4/h5-7H,1-4H3. The van der Waals surface area contributed by atoms with Gasteiger partial charge in [-0.05, 0) is 68.0 Å². The first-order valence-corrected chi connectivity index (χ1v) is 5.87. The van der Waals surface area contributed by atoms with Gasteiger partial charge in [0, 0.05) is 0 Å². The fourth-order valence-corrected chi connectivity index (χ4v) is 1.72. The van der Waals surface area contributed by atoms with Crippen molar-refractivity contribution in [2.24, 2.45) is 5.41 Å². The maximum Gasteiger partial charge on any atom is 0.316 e. The Morgan fingerprint density at radius 1 is 1.33 bits per heavy atom. The van der Waals surface area contributed by atoms with Crippen molar-refractivity contribution in [3.8, 4) is 5.75 Å². The van der Waals surface area contributed by atoms with E-state index in [4.69, 9.17) is 4.74 Å². The first-order chi connectivity index (χ1) is 6.80. The number of aryl methyl sites for hydroxylation is 1. The molecule has 0 aliphatic carbocycles. The molecule has 0 radical (unpaired) electrons. The first kappa shape index (κ1) is 12.5. The van der Waals surface area contributed by atoms with Crippen LogP contribution < -0.4 is 4.74 Å². The van der Waals surface area contributed by atoms with Gasteiger partial charge in [-0.15, -0.1) is 0 Å². The summed E-state index contributed by atoms with van der Waals surface area (Å²) in [5.41, 5.74) is 0.698. The van der Waals surface area contributed by atoms with Crippen LogP contribution in [-0.2, 0) is 4.79 Å². The number of carbonyl (C=O) groups excluding carboxylic acids is 1. The van der Waals surface area contributed by atoms with Gasteiger partial charge in [-0.1, -0.05) is 6.07 Å². The minimum atomic E-state index is -0.464. The third kappa shape index (κ3) is 3.48. The Bertz CT molecular complexity index is 378. The van der Waals surface area contributed by atoms with Crippen LogP contribution in [-0.4, -0.2) is 5.97 Å². The zero-order valence-electron chi connectivity index (χ0n) is 9.43. The van der Waals surface area contributed by atoms with Gasteiger partial charge in [-0.25, -0.2) is 0 Å². The van der Waals surface area contributed by atoms with Crippen LogP contribution in [0, 0.1) is 15.9 Å². The largest absolute Gasteiger partial charge is 0.425 e. The second-order valence-corrected chi connectivity index (χ2v) is 5.74. The Balaban J connectivity index is 2.87. The Morgan fingerprint density at radius 2 is 1.93 bits per heavy atom. The molecule has 0 spiro atoms. The Morgan fingerprint density at radius 3 is 2.40 bits per heavy atom. The molecule has 82 valence electrons. The lowest BCUT2D eigenvalue weighted by atomic mass is 9.97. The Kier molecular flexibility index (Phi) is 3.76. The SMILES string of the molecule is Cc1ccc(OC(=O)C(C)(C)C)c(I)c1. The summed E-state index contributed by atoms with van der Waals surface area (Å²) in [6, 6.07) is 5.76. The first-order valence-electron chi connectivity index (χ1n) is 4.79. The average molecular weight is 318 g/mol. The number of hydrogen-bond acceptors (Lipinski definition) is 2. The van der Waals surface area contributed by atoms with Crippen LogP contribution >= 0.6 is 22.6 Å². The highest BCUT2D eigenvalue weighted by Gasteiger charge is 2.24. The van der Waals surface area contributed by atoms with Gasteiger partial charge < -0.3 is 4.74 Å². The van der Waals surface area contributed by atoms with Crippen molar-refractivity contribution in [1.29, 1.82) is 0 Å². The van der Waals surface area contributed by atoms with E-state index < -0.39 is 5.41 Å². The van der Waals surface area contributed by atoms with Crippen LogP contribution in [0.15, 0.2) is 18.2 Å². The third-order valence-electron chi connectivity index (χ3n) is 1.90. The summed E-state index contributed by atoms with van der Waals surface area (Å²) >= 11 is 2.17. The summed E-state index contributed by atoms with van der Waals surface area (Å²) in [5.74, 6) is 0.436. The topological polar surface area (TPSA) is 26.3 Å². The summed E-state index contributed by atoms with van der Waals surface area (Å²) in [5, 5.41) is 0. The average Bonchev–Trinajstić information content (AvgIpc) is 2.08. The number of hydrogen-bond donors (Lipinski definition) is 0. The fourth-order valence-electron chi connectivity index (χ4n) is 0.942. The molecule has 0 bridgehead atoms. The molecular weight excluding hydrogens is 303 g/mol. The monoisotopic (exact) mass is 318 g/mol. The van der Waals surface area contributed by atoms with Gasteiger partial charge in [0.25, 0.3) is 0 Å². The van der Waals surface area contributed by atoms with Gasteiger partial charge in [0.2, 0.25) is 0 Å². The molecule has 1 aromatic rings. The molecule has 0 aliphatic heterocycles. The maximum absolute atomic E-state index is 11.6. The second-order valence-electron chi connectivity index (χ2n) is 4.57. The van der Waals surface area contributed by atoms with Crippen molar-refractivity contribution in [3.05, 3.63) is 27.3 Å². The Hall–Kier alpha value is -0.580. The van der Waals surface area contributed by atoms with Crippen LogP contribution in [0.1, 0.15) is 26.3 Å². The fraction of sp³-hybridized carbons (Fsp3) is 0.417. The lowest BCUT2D eigenvalue weighted by molar-refractivity contribution is -0.143. The van der Waals surface area contributed by atoms with Crippen molar-refractivity contribution in [1.82, 2.24) is 0 Å². The number of carbonyl (C=O) groups is 1. The number of esters is 1. The highest BCUT2D eigenvalue weighted by atomic mass is 127. The van der Waals surface area contributed by atoms with Gasteiger partial charge in [0.05, 0.1) is 8.99 Å². The van der Waals surface area contributed by atoms with E-state index in [2.05, 4.69) is 22.6 Å². The van der Waals surface area contributed by atoms with E-state index in [0.717, 1.165) is 9.13 Å². The van der Waals surface area contributed by atoms with E-state index in [0.29, 0.717) is 5.75 Å². The molecule has 0 saturated carbocycles. The lowest BCUT2D eigenvalue weighted by Gasteiger charge is -2.17. The number of rotatable bonds is 1. The number of ether oxygens (including phenoxy) is 1.